The molecule has 1 aromatic rings. The molecular formula is C7H9NO. The van der Waals surface area contributed by atoms with Gasteiger partial charge in [0.25, 0.3) is 0 Å². The molecule has 0 aromatic carbocycles. The van der Waals surface area contributed by atoms with Crippen molar-refractivity contribution in [3.05, 3.63) is 24.4 Å². The molecule has 0 saturated carbocycles. The Balaban J connectivity index is 2.90. The quantitative estimate of drug-likeness (QED) is 0.571. The fourth-order valence-corrected chi connectivity index (χ4v) is 0.553. The largest absolute Gasteiger partial charge is 0.444 e. The summed E-state index contributed by atoms with van der Waals surface area (Å²) >= 11 is 0. The molecule has 0 aliphatic heterocycles. The minimum Gasteiger partial charge on any atom is -0.444 e. The van der Waals surface area contributed by atoms with E-state index in [1.165, 1.54) is 6.39 Å². The highest BCUT2D eigenvalue weighted by molar-refractivity contribution is 5.57. The summed E-state index contributed by atoms with van der Waals surface area (Å²) < 4.78 is 5.01. The Kier molecular flexibility index (Phi) is 1.68. The highest BCUT2D eigenvalue weighted by atomic mass is 16.3. The summed E-state index contributed by atoms with van der Waals surface area (Å²) in [4.78, 5) is 3.78. The molecule has 1 aromatic heterocycles. The molecule has 0 fully saturated rings. The SMILES string of the molecule is CC=C(C)c1cnco1. The molecule has 48 valence electrons. The topological polar surface area (TPSA) is 26.0 Å². The van der Waals surface area contributed by atoms with Crippen LogP contribution in [0.15, 0.2) is 23.1 Å². The lowest BCUT2D eigenvalue weighted by molar-refractivity contribution is 0.544. The van der Waals surface area contributed by atoms with Gasteiger partial charge in [0.2, 0.25) is 0 Å². The Morgan fingerprint density at radius 2 is 2.56 bits per heavy atom. The second-order valence-electron chi connectivity index (χ2n) is 1.84. The first kappa shape index (κ1) is 6.08. The molecule has 0 saturated heterocycles. The van der Waals surface area contributed by atoms with Crippen molar-refractivity contribution in [3.8, 4) is 0 Å². The lowest BCUT2D eigenvalue weighted by Crippen LogP contribution is -1.69. The Labute approximate surface area is 54.2 Å². The lowest BCUT2D eigenvalue weighted by Gasteiger charge is -1.88. The van der Waals surface area contributed by atoms with Crippen molar-refractivity contribution in [1.29, 1.82) is 0 Å². The van der Waals surface area contributed by atoms with Crippen molar-refractivity contribution in [2.45, 2.75) is 13.8 Å². The Morgan fingerprint density at radius 3 is 3.00 bits per heavy atom. The third-order valence-corrected chi connectivity index (χ3v) is 1.25. The van der Waals surface area contributed by atoms with Gasteiger partial charge in [-0.15, -0.1) is 0 Å². The second kappa shape index (κ2) is 2.49. The monoisotopic (exact) mass is 123 g/mol. The van der Waals surface area contributed by atoms with Crippen molar-refractivity contribution in [3.63, 3.8) is 0 Å². The highest BCUT2D eigenvalue weighted by Crippen LogP contribution is 2.10. The van der Waals surface area contributed by atoms with Gasteiger partial charge in [0.1, 0.15) is 5.76 Å². The van der Waals surface area contributed by atoms with Crippen LogP contribution in [-0.4, -0.2) is 4.98 Å². The standard InChI is InChI=1S/C7H9NO/c1-3-6(2)7-4-8-5-9-7/h3-5H,1-2H3. The van der Waals surface area contributed by atoms with Gasteiger partial charge in [0, 0.05) is 0 Å². The summed E-state index contributed by atoms with van der Waals surface area (Å²) in [7, 11) is 0. The summed E-state index contributed by atoms with van der Waals surface area (Å²) in [6, 6.07) is 0. The Morgan fingerprint density at radius 1 is 1.78 bits per heavy atom. The van der Waals surface area contributed by atoms with Gasteiger partial charge in [-0.2, -0.15) is 0 Å². The van der Waals surface area contributed by atoms with E-state index in [9.17, 15) is 0 Å². The molecule has 9 heavy (non-hydrogen) atoms. The maximum atomic E-state index is 5.01. The zero-order valence-corrected chi connectivity index (χ0v) is 5.59. The number of allylic oxidation sites excluding steroid dienone is 2. The van der Waals surface area contributed by atoms with Gasteiger partial charge in [-0.25, -0.2) is 4.98 Å². The molecule has 0 aliphatic carbocycles. The zero-order valence-electron chi connectivity index (χ0n) is 5.59. The van der Waals surface area contributed by atoms with Crippen molar-refractivity contribution in [2.24, 2.45) is 0 Å². The second-order valence-corrected chi connectivity index (χ2v) is 1.84. The van der Waals surface area contributed by atoms with Crippen LogP contribution in [0.25, 0.3) is 5.57 Å². The molecule has 0 amide bonds. The van der Waals surface area contributed by atoms with Crippen molar-refractivity contribution in [1.82, 2.24) is 4.98 Å². The normalized spacial score (nSPS) is 12.0. The van der Waals surface area contributed by atoms with Crippen molar-refractivity contribution in [2.75, 3.05) is 0 Å². The van der Waals surface area contributed by atoms with E-state index in [0.29, 0.717) is 0 Å². The molecule has 0 N–H and O–H groups in total. The van der Waals surface area contributed by atoms with Gasteiger partial charge in [-0.3, -0.25) is 0 Å². The summed E-state index contributed by atoms with van der Waals surface area (Å²) in [5.41, 5.74) is 1.12. The number of nitrogens with zero attached hydrogens (tertiary/aromatic N) is 1. The molecule has 0 bridgehead atoms. The van der Waals surface area contributed by atoms with Crippen LogP contribution in [0.4, 0.5) is 0 Å². The van der Waals surface area contributed by atoms with E-state index in [0.717, 1.165) is 11.3 Å². The maximum absolute atomic E-state index is 5.01. The summed E-state index contributed by atoms with van der Waals surface area (Å²) in [6.45, 7) is 3.96. The predicted octanol–water partition coefficient (Wildman–Crippen LogP) is 2.10. The first-order valence-corrected chi connectivity index (χ1v) is 2.86. The molecule has 0 atom stereocenters. The Bertz CT molecular complexity index is 199. The highest BCUT2D eigenvalue weighted by Gasteiger charge is 1.94. The van der Waals surface area contributed by atoms with Crippen LogP contribution in [0.2, 0.25) is 0 Å². The van der Waals surface area contributed by atoms with E-state index < -0.39 is 0 Å². The first-order chi connectivity index (χ1) is 4.34. The summed E-state index contributed by atoms with van der Waals surface area (Å²) in [5.74, 6) is 0.845. The zero-order chi connectivity index (χ0) is 6.69. The minimum absolute atomic E-state index is 0.845. The van der Waals surface area contributed by atoms with Crippen LogP contribution < -0.4 is 0 Å². The van der Waals surface area contributed by atoms with Crippen LogP contribution in [-0.2, 0) is 0 Å². The van der Waals surface area contributed by atoms with Gasteiger partial charge in [-0.1, -0.05) is 6.08 Å². The fourth-order valence-electron chi connectivity index (χ4n) is 0.553. The minimum atomic E-state index is 0.845. The number of rotatable bonds is 1. The summed E-state index contributed by atoms with van der Waals surface area (Å²) in [5, 5.41) is 0. The molecule has 1 rings (SSSR count). The number of hydrogen-bond acceptors (Lipinski definition) is 2. The maximum Gasteiger partial charge on any atom is 0.181 e. The van der Waals surface area contributed by atoms with E-state index in [2.05, 4.69) is 4.98 Å². The van der Waals surface area contributed by atoms with Gasteiger partial charge in [0.15, 0.2) is 6.39 Å². The number of oxazole rings is 1. The van der Waals surface area contributed by atoms with Gasteiger partial charge >= 0.3 is 0 Å². The third-order valence-electron chi connectivity index (χ3n) is 1.25. The number of hydrogen-bond donors (Lipinski definition) is 0. The van der Waals surface area contributed by atoms with Gasteiger partial charge < -0.3 is 4.42 Å². The van der Waals surface area contributed by atoms with E-state index in [-0.39, 0.29) is 0 Å². The van der Waals surface area contributed by atoms with Crippen LogP contribution in [0.1, 0.15) is 19.6 Å². The third kappa shape index (κ3) is 1.19. The predicted molar refractivity (Wildman–Crippen MR) is 35.8 cm³/mol. The van der Waals surface area contributed by atoms with Crippen LogP contribution in [0, 0.1) is 0 Å². The summed E-state index contributed by atoms with van der Waals surface area (Å²) in [6.07, 6.45) is 5.12. The molecule has 0 spiro atoms. The molecular weight excluding hydrogens is 114 g/mol. The molecule has 2 nitrogen and oxygen atoms in total. The molecule has 2 heteroatoms. The molecule has 0 aliphatic rings. The van der Waals surface area contributed by atoms with E-state index >= 15 is 0 Å². The lowest BCUT2D eigenvalue weighted by atomic mass is 10.2. The van der Waals surface area contributed by atoms with Crippen molar-refractivity contribution < 1.29 is 4.42 Å². The van der Waals surface area contributed by atoms with Crippen LogP contribution >= 0.6 is 0 Å². The van der Waals surface area contributed by atoms with Gasteiger partial charge in [0.05, 0.1) is 6.20 Å². The van der Waals surface area contributed by atoms with Crippen molar-refractivity contribution >= 4 is 5.57 Å². The van der Waals surface area contributed by atoms with E-state index in [4.69, 9.17) is 4.42 Å². The molecule has 0 unspecified atom stereocenters. The van der Waals surface area contributed by atoms with Gasteiger partial charge in [-0.05, 0) is 19.4 Å². The van der Waals surface area contributed by atoms with E-state index in [1.54, 1.807) is 6.20 Å². The van der Waals surface area contributed by atoms with Crippen LogP contribution in [0.3, 0.4) is 0 Å². The van der Waals surface area contributed by atoms with Crippen LogP contribution in [0.5, 0.6) is 0 Å². The fraction of sp³-hybridized carbons (Fsp3) is 0.286. The number of aromatic nitrogens is 1. The molecule has 0 radical (unpaired) electrons. The first-order valence-electron chi connectivity index (χ1n) is 2.86. The average molecular weight is 123 g/mol. The Hall–Kier alpha value is -1.05. The molecule has 1 heterocycles. The average Bonchev–Trinajstić information content (AvgIpc) is 2.37. The smallest absolute Gasteiger partial charge is 0.181 e. The van der Waals surface area contributed by atoms with E-state index in [1.807, 2.05) is 19.9 Å².